The quantitative estimate of drug-likeness (QED) is 0.264. The largest absolute Gasteiger partial charge is 0.412 e. The van der Waals surface area contributed by atoms with Crippen molar-refractivity contribution in [3.63, 3.8) is 0 Å². The van der Waals surface area contributed by atoms with E-state index in [9.17, 15) is 4.79 Å². The van der Waals surface area contributed by atoms with E-state index < -0.39 is 43.4 Å². The molecule has 0 heterocycles. The van der Waals surface area contributed by atoms with Crippen molar-refractivity contribution >= 4 is 5.78 Å². The maximum Gasteiger partial charge on any atom is 0.194 e. The first-order valence-electron chi connectivity index (χ1n) is 3.93. The van der Waals surface area contributed by atoms with Gasteiger partial charge in [-0.2, -0.15) is 0 Å². The second-order valence-corrected chi connectivity index (χ2v) is 2.79. The van der Waals surface area contributed by atoms with Crippen molar-refractivity contribution in [2.75, 3.05) is 13.2 Å². The van der Waals surface area contributed by atoms with Gasteiger partial charge in [-0.25, -0.2) is 0 Å². The van der Waals surface area contributed by atoms with Crippen molar-refractivity contribution in [2.45, 2.75) is 24.4 Å². The normalized spacial score (nSPS) is 18.5. The van der Waals surface area contributed by atoms with Gasteiger partial charge in [0.25, 0.3) is 0 Å². The molecule has 0 aromatic carbocycles. The highest BCUT2D eigenvalue weighted by Gasteiger charge is 2.33. The minimum absolute atomic E-state index is 0. The number of aliphatic hydroxyl groups is 6. The van der Waals surface area contributed by atoms with Crippen LogP contribution in [-0.4, -0.2) is 79.5 Å². The lowest BCUT2D eigenvalue weighted by Gasteiger charge is -2.21. The van der Waals surface area contributed by atoms with Crippen LogP contribution in [-0.2, 0) is 4.79 Å². The van der Waals surface area contributed by atoms with Crippen LogP contribution >= 0.6 is 0 Å². The van der Waals surface area contributed by atoms with E-state index in [1.54, 1.807) is 0 Å². The molecule has 15 heavy (non-hydrogen) atoms. The Kier molecular flexibility index (Phi) is 8.57. The zero-order valence-electron chi connectivity index (χ0n) is 7.82. The smallest absolute Gasteiger partial charge is 0.194 e. The minimum atomic E-state index is -2.04. The molecule has 0 fully saturated rings. The van der Waals surface area contributed by atoms with E-state index in [1.807, 2.05) is 0 Å². The van der Waals surface area contributed by atoms with Gasteiger partial charge < -0.3 is 36.1 Å². The lowest BCUT2D eigenvalue weighted by Crippen LogP contribution is -2.48. The maximum absolute atomic E-state index is 10.9. The predicted molar refractivity (Wildman–Crippen MR) is 46.8 cm³/mol. The summed E-state index contributed by atoms with van der Waals surface area (Å²) in [4.78, 5) is 10.9. The summed E-state index contributed by atoms with van der Waals surface area (Å²) < 4.78 is 0. The average Bonchev–Trinajstić information content (AvgIpc) is 2.23. The summed E-state index contributed by atoms with van der Waals surface area (Å²) in [7, 11) is 0. The molecular weight excluding hydrogens is 212 g/mol. The number of rotatable bonds is 6. The molecule has 92 valence electrons. The van der Waals surface area contributed by atoms with Crippen LogP contribution < -0.4 is 0 Å². The van der Waals surface area contributed by atoms with Crippen molar-refractivity contribution in [3.05, 3.63) is 0 Å². The van der Waals surface area contributed by atoms with Crippen molar-refractivity contribution in [3.8, 4) is 0 Å². The van der Waals surface area contributed by atoms with Gasteiger partial charge in [-0.05, 0) is 0 Å². The number of Topliss-reactive ketones (excluding diaryl/α,β-unsaturated/α-hetero) is 1. The van der Waals surface area contributed by atoms with Crippen LogP contribution in [0.1, 0.15) is 0 Å². The summed E-state index contributed by atoms with van der Waals surface area (Å²) >= 11 is 0. The Morgan fingerprint density at radius 2 is 1.47 bits per heavy atom. The van der Waals surface area contributed by atoms with Gasteiger partial charge in [-0.1, -0.05) is 0 Å². The van der Waals surface area contributed by atoms with Gasteiger partial charge in [-0.15, -0.1) is 0 Å². The third-order valence-electron chi connectivity index (χ3n) is 1.70. The Morgan fingerprint density at radius 3 is 1.80 bits per heavy atom. The van der Waals surface area contributed by atoms with E-state index in [1.165, 1.54) is 0 Å². The van der Waals surface area contributed by atoms with Crippen LogP contribution in [0.2, 0.25) is 0 Å². The van der Waals surface area contributed by atoms with Gasteiger partial charge in [-0.3, -0.25) is 4.79 Å². The van der Waals surface area contributed by atoms with Crippen LogP contribution in [0.15, 0.2) is 0 Å². The van der Waals surface area contributed by atoms with Crippen LogP contribution in [0.25, 0.3) is 0 Å². The second kappa shape index (κ2) is 7.65. The van der Waals surface area contributed by atoms with E-state index in [0.29, 0.717) is 0 Å². The van der Waals surface area contributed by atoms with Crippen molar-refractivity contribution in [1.82, 2.24) is 0 Å². The monoisotopic (exact) mass is 228 g/mol. The van der Waals surface area contributed by atoms with Gasteiger partial charge in [0.1, 0.15) is 24.4 Å². The van der Waals surface area contributed by atoms with Crippen LogP contribution in [0.3, 0.4) is 0 Å². The fourth-order valence-electron chi connectivity index (χ4n) is 0.774. The van der Waals surface area contributed by atoms with Crippen molar-refractivity contribution in [1.29, 1.82) is 0 Å². The van der Waals surface area contributed by atoms with Crippen LogP contribution in [0.4, 0.5) is 0 Å². The summed E-state index contributed by atoms with van der Waals surface area (Å²) in [6.07, 6.45) is -7.43. The van der Waals surface area contributed by atoms with Gasteiger partial charge >= 0.3 is 0 Å². The first-order chi connectivity index (χ1) is 6.45. The molecule has 0 aromatic heterocycles. The van der Waals surface area contributed by atoms with Crippen molar-refractivity contribution < 1.29 is 40.9 Å². The molecule has 0 rings (SSSR count). The SMILES string of the molecule is O.O=C([C@H](O)CO)[C@@H](O)[C@H](O)[C@H](O)CO. The fourth-order valence-corrected chi connectivity index (χ4v) is 0.774. The maximum atomic E-state index is 10.9. The zero-order valence-corrected chi connectivity index (χ0v) is 7.82. The molecule has 8 nitrogen and oxygen atoms in total. The van der Waals surface area contributed by atoms with Gasteiger partial charge in [0, 0.05) is 0 Å². The van der Waals surface area contributed by atoms with Crippen LogP contribution in [0.5, 0.6) is 0 Å². The molecule has 8 heteroatoms. The number of hydrogen-bond acceptors (Lipinski definition) is 7. The summed E-state index contributed by atoms with van der Waals surface area (Å²) in [6.45, 7) is -1.72. The molecule has 0 unspecified atom stereocenters. The standard InChI is InChI=1S/C7H14O7.H2O/c8-1-3(10)5(12)7(14)6(13)4(11)2-9;/h3-5,7-12,14H,1-2H2;1H2/t3-,4-,5-,7+;/m1./s1. The molecule has 0 aliphatic carbocycles. The lowest BCUT2D eigenvalue weighted by atomic mass is 10.0. The molecule has 0 aromatic rings. The highest BCUT2D eigenvalue weighted by Crippen LogP contribution is 2.03. The highest BCUT2D eigenvalue weighted by molar-refractivity contribution is 5.87. The summed E-state index contributed by atoms with van der Waals surface area (Å²) in [5, 5.41) is 52.4. The number of carbonyl (C=O) groups excluding carboxylic acids is 1. The Morgan fingerprint density at radius 1 is 1.00 bits per heavy atom. The van der Waals surface area contributed by atoms with Crippen molar-refractivity contribution in [2.24, 2.45) is 0 Å². The lowest BCUT2D eigenvalue weighted by molar-refractivity contribution is -0.150. The van der Waals surface area contributed by atoms with Gasteiger partial charge in [0.05, 0.1) is 13.2 Å². The number of aliphatic hydroxyl groups excluding tert-OH is 6. The Labute approximate surface area is 85.3 Å². The zero-order chi connectivity index (χ0) is 11.3. The van der Waals surface area contributed by atoms with E-state index in [4.69, 9.17) is 30.6 Å². The van der Waals surface area contributed by atoms with E-state index in [2.05, 4.69) is 0 Å². The molecule has 0 saturated carbocycles. The molecule has 8 N–H and O–H groups in total. The Balaban J connectivity index is 0. The average molecular weight is 228 g/mol. The number of hydrogen-bond donors (Lipinski definition) is 6. The summed E-state index contributed by atoms with van der Waals surface area (Å²) in [5.74, 6) is -1.22. The van der Waals surface area contributed by atoms with Gasteiger partial charge in [0.2, 0.25) is 0 Å². The Bertz CT molecular complexity index is 184. The first-order valence-corrected chi connectivity index (χ1v) is 3.93. The van der Waals surface area contributed by atoms with E-state index in [-0.39, 0.29) is 5.48 Å². The highest BCUT2D eigenvalue weighted by atomic mass is 16.4. The molecule has 0 radical (unpaired) electrons. The second-order valence-electron chi connectivity index (χ2n) is 2.79. The molecule has 0 saturated heterocycles. The topological polar surface area (TPSA) is 170 Å². The molecule has 0 aliphatic heterocycles. The summed E-state index contributed by atoms with van der Waals surface area (Å²) in [5.41, 5.74) is 0. The molecule has 0 spiro atoms. The molecule has 4 atom stereocenters. The fraction of sp³-hybridized carbons (Fsp3) is 0.857. The number of ketones is 1. The Hall–Kier alpha value is -0.610. The molecule has 0 amide bonds. The molecule has 0 bridgehead atoms. The van der Waals surface area contributed by atoms with E-state index >= 15 is 0 Å². The molecular formula is C7H16O8. The van der Waals surface area contributed by atoms with Crippen LogP contribution in [0, 0.1) is 0 Å². The minimum Gasteiger partial charge on any atom is -0.412 e. The summed E-state index contributed by atoms with van der Waals surface area (Å²) in [6, 6.07) is 0. The third-order valence-corrected chi connectivity index (χ3v) is 1.70. The predicted octanol–water partition coefficient (Wildman–Crippen LogP) is -4.84. The molecule has 0 aliphatic rings. The van der Waals surface area contributed by atoms with Gasteiger partial charge in [0.15, 0.2) is 5.78 Å². The number of carbonyl (C=O) groups is 1. The first kappa shape index (κ1) is 16.8. The van der Waals surface area contributed by atoms with E-state index in [0.717, 1.165) is 0 Å². The third kappa shape index (κ3) is 4.62.